The summed E-state index contributed by atoms with van der Waals surface area (Å²) >= 11 is 1.47. The molecule has 1 aromatic carbocycles. The molecule has 31 heavy (non-hydrogen) atoms. The molecule has 1 saturated heterocycles. The minimum Gasteiger partial charge on any atom is -0.396 e. The molecule has 0 bridgehead atoms. The third-order valence-corrected chi connectivity index (χ3v) is 6.83. The first-order valence-corrected chi connectivity index (χ1v) is 11.4. The van der Waals surface area contributed by atoms with Gasteiger partial charge in [-0.2, -0.15) is 5.26 Å². The van der Waals surface area contributed by atoms with Crippen molar-refractivity contribution < 1.29 is 9.90 Å². The van der Waals surface area contributed by atoms with Crippen LogP contribution in [0.4, 0.5) is 0 Å². The average Bonchev–Trinajstić information content (AvgIpc) is 3.48. The fraction of sp³-hybridized carbons (Fsp3) is 0.391. The zero-order chi connectivity index (χ0) is 21.6. The Hall–Kier alpha value is -2.73. The first-order chi connectivity index (χ1) is 15.2. The minimum atomic E-state index is -0.398. The van der Waals surface area contributed by atoms with E-state index in [0.29, 0.717) is 25.2 Å². The number of aromatic nitrogens is 2. The Morgan fingerprint density at radius 3 is 3.10 bits per heavy atom. The van der Waals surface area contributed by atoms with Gasteiger partial charge in [0.2, 0.25) is 5.91 Å². The van der Waals surface area contributed by atoms with Crippen LogP contribution in [0.2, 0.25) is 0 Å². The third-order valence-electron chi connectivity index (χ3n) is 5.86. The molecule has 1 aliphatic heterocycles. The molecule has 2 atom stereocenters. The maximum absolute atomic E-state index is 13.4. The number of nitrogens with one attached hydrogen (secondary N) is 2. The lowest BCUT2D eigenvalue weighted by Gasteiger charge is -2.34. The van der Waals surface area contributed by atoms with Gasteiger partial charge in [-0.05, 0) is 67.5 Å². The van der Waals surface area contributed by atoms with Gasteiger partial charge < -0.3 is 19.6 Å². The number of carbonyl (C=O) groups is 1. The zero-order valence-electron chi connectivity index (χ0n) is 17.3. The van der Waals surface area contributed by atoms with Gasteiger partial charge in [0, 0.05) is 54.4 Å². The standard InChI is InChI=1S/C23H27N5O2S/c24-14-18-5-3-11-27(18)13-9-21(23(30)28-12-2-4-17(15-28)16-29)26-31-22-7-1-6-20-19(22)8-10-25-20/h1,3,5-8,10-11,17,21,25-26,29H,2,4,9,12-13,15-16H2. The molecular weight excluding hydrogens is 410 g/mol. The molecular formula is C23H27N5O2S. The van der Waals surface area contributed by atoms with E-state index in [-0.39, 0.29) is 18.4 Å². The molecule has 162 valence electrons. The summed E-state index contributed by atoms with van der Waals surface area (Å²) in [6.45, 7) is 2.00. The van der Waals surface area contributed by atoms with Crippen molar-refractivity contribution in [2.45, 2.75) is 36.7 Å². The number of aliphatic hydroxyl groups is 1. The lowest BCUT2D eigenvalue weighted by Crippen LogP contribution is -2.49. The van der Waals surface area contributed by atoms with Crippen LogP contribution >= 0.6 is 11.9 Å². The Balaban J connectivity index is 1.49. The number of carbonyl (C=O) groups excluding carboxylic acids is 1. The molecule has 8 heteroatoms. The van der Waals surface area contributed by atoms with E-state index in [4.69, 9.17) is 0 Å². The van der Waals surface area contributed by atoms with E-state index in [1.54, 1.807) is 6.07 Å². The molecule has 1 amide bonds. The van der Waals surface area contributed by atoms with Crippen LogP contribution in [0.25, 0.3) is 10.9 Å². The summed E-state index contributed by atoms with van der Waals surface area (Å²) in [6.07, 6.45) is 6.22. The largest absolute Gasteiger partial charge is 0.396 e. The lowest BCUT2D eigenvalue weighted by atomic mass is 9.98. The number of likely N-dealkylation sites (tertiary alicyclic amines) is 1. The number of aryl methyl sites for hydroxylation is 1. The van der Waals surface area contributed by atoms with E-state index in [2.05, 4.69) is 15.8 Å². The molecule has 0 spiro atoms. The Labute approximate surface area is 186 Å². The van der Waals surface area contributed by atoms with Crippen LogP contribution in [-0.2, 0) is 11.3 Å². The molecule has 2 aromatic heterocycles. The second kappa shape index (κ2) is 10.1. The molecule has 7 nitrogen and oxygen atoms in total. The highest BCUT2D eigenvalue weighted by atomic mass is 32.2. The van der Waals surface area contributed by atoms with Crippen LogP contribution in [-0.4, -0.2) is 51.2 Å². The molecule has 3 heterocycles. The molecule has 0 aliphatic carbocycles. The Morgan fingerprint density at radius 2 is 2.26 bits per heavy atom. The van der Waals surface area contributed by atoms with Gasteiger partial charge in [0.25, 0.3) is 0 Å². The van der Waals surface area contributed by atoms with Gasteiger partial charge in [0.05, 0.1) is 6.04 Å². The van der Waals surface area contributed by atoms with Gasteiger partial charge in [-0.25, -0.2) is 4.72 Å². The van der Waals surface area contributed by atoms with Gasteiger partial charge in [0.1, 0.15) is 11.8 Å². The normalized spacial score (nSPS) is 17.5. The summed E-state index contributed by atoms with van der Waals surface area (Å²) in [5.74, 6) is 0.201. The third kappa shape index (κ3) is 4.96. The number of hydrogen-bond acceptors (Lipinski definition) is 5. The van der Waals surface area contributed by atoms with Gasteiger partial charge in [0.15, 0.2) is 0 Å². The number of nitriles is 1. The molecule has 0 saturated carbocycles. The number of benzene rings is 1. The van der Waals surface area contributed by atoms with Gasteiger partial charge >= 0.3 is 0 Å². The van der Waals surface area contributed by atoms with Crippen molar-refractivity contribution in [3.63, 3.8) is 0 Å². The molecule has 0 radical (unpaired) electrons. The number of rotatable bonds is 8. The van der Waals surface area contributed by atoms with E-state index >= 15 is 0 Å². The fourth-order valence-corrected chi connectivity index (χ4v) is 5.05. The first-order valence-electron chi connectivity index (χ1n) is 10.6. The van der Waals surface area contributed by atoms with Crippen LogP contribution in [0.15, 0.2) is 53.7 Å². The monoisotopic (exact) mass is 437 g/mol. The maximum atomic E-state index is 13.4. The average molecular weight is 438 g/mol. The number of amides is 1. The quantitative estimate of drug-likeness (QED) is 0.471. The molecule has 1 fully saturated rings. The van der Waals surface area contributed by atoms with E-state index in [0.717, 1.165) is 35.2 Å². The number of hydrogen-bond donors (Lipinski definition) is 3. The van der Waals surface area contributed by atoms with E-state index in [9.17, 15) is 15.2 Å². The molecule has 3 aromatic rings. The number of aromatic amines is 1. The second-order valence-electron chi connectivity index (χ2n) is 7.93. The van der Waals surface area contributed by atoms with Gasteiger partial charge in [-0.1, -0.05) is 6.07 Å². The van der Waals surface area contributed by atoms with E-state index in [1.807, 2.05) is 52.2 Å². The van der Waals surface area contributed by atoms with Crippen LogP contribution in [0.5, 0.6) is 0 Å². The van der Waals surface area contributed by atoms with Gasteiger partial charge in [-0.15, -0.1) is 0 Å². The summed E-state index contributed by atoms with van der Waals surface area (Å²) in [5.41, 5.74) is 1.65. The highest BCUT2D eigenvalue weighted by Crippen LogP contribution is 2.27. The predicted octanol–water partition coefficient (Wildman–Crippen LogP) is 3.13. The first kappa shape index (κ1) is 21.5. The Bertz CT molecular complexity index is 1070. The highest BCUT2D eigenvalue weighted by Gasteiger charge is 2.29. The SMILES string of the molecule is N#Cc1cccn1CCC(NSc1cccc2[nH]ccc12)C(=O)N1CCCC(CO)C1. The summed E-state index contributed by atoms with van der Waals surface area (Å²) in [4.78, 5) is 19.5. The van der Waals surface area contributed by atoms with Gasteiger partial charge in [-0.3, -0.25) is 4.79 Å². The summed E-state index contributed by atoms with van der Waals surface area (Å²) in [7, 11) is 0. The molecule has 4 rings (SSSR count). The predicted molar refractivity (Wildman–Crippen MR) is 121 cm³/mol. The van der Waals surface area contributed by atoms with Crippen molar-refractivity contribution in [1.29, 1.82) is 5.26 Å². The summed E-state index contributed by atoms with van der Waals surface area (Å²) in [6, 6.07) is 13.5. The van der Waals surface area contributed by atoms with Crippen LogP contribution in [0, 0.1) is 17.2 Å². The Morgan fingerprint density at radius 1 is 1.35 bits per heavy atom. The number of nitrogens with zero attached hydrogens (tertiary/aromatic N) is 3. The van der Waals surface area contributed by atoms with Crippen molar-refractivity contribution in [3.05, 3.63) is 54.5 Å². The van der Waals surface area contributed by atoms with Crippen LogP contribution in [0.1, 0.15) is 25.0 Å². The Kier molecular flexibility index (Phi) is 6.97. The van der Waals surface area contributed by atoms with E-state index < -0.39 is 6.04 Å². The van der Waals surface area contributed by atoms with Crippen molar-refractivity contribution in [3.8, 4) is 6.07 Å². The molecule has 2 unspecified atom stereocenters. The molecule has 3 N–H and O–H groups in total. The van der Waals surface area contributed by atoms with Crippen molar-refractivity contribution in [1.82, 2.24) is 19.2 Å². The topological polar surface area (TPSA) is 97.1 Å². The maximum Gasteiger partial charge on any atom is 0.240 e. The van der Waals surface area contributed by atoms with E-state index in [1.165, 1.54) is 11.9 Å². The van der Waals surface area contributed by atoms with Crippen molar-refractivity contribution >= 4 is 28.8 Å². The summed E-state index contributed by atoms with van der Waals surface area (Å²) < 4.78 is 5.28. The second-order valence-corrected chi connectivity index (χ2v) is 8.81. The summed E-state index contributed by atoms with van der Waals surface area (Å²) in [5, 5.41) is 19.9. The van der Waals surface area contributed by atoms with Crippen molar-refractivity contribution in [2.24, 2.45) is 5.92 Å². The number of H-pyrrole nitrogens is 1. The fourth-order valence-electron chi connectivity index (χ4n) is 4.13. The molecule has 1 aliphatic rings. The van der Waals surface area contributed by atoms with Crippen LogP contribution in [0.3, 0.4) is 0 Å². The highest BCUT2D eigenvalue weighted by molar-refractivity contribution is 7.97. The minimum absolute atomic E-state index is 0.0533. The number of aliphatic hydroxyl groups excluding tert-OH is 1. The number of piperidine rings is 1. The number of fused-ring (bicyclic) bond motifs is 1. The lowest BCUT2D eigenvalue weighted by molar-refractivity contribution is -0.135. The van der Waals surface area contributed by atoms with Crippen molar-refractivity contribution in [2.75, 3.05) is 19.7 Å². The van der Waals surface area contributed by atoms with Crippen LogP contribution < -0.4 is 4.72 Å². The smallest absolute Gasteiger partial charge is 0.240 e. The zero-order valence-corrected chi connectivity index (χ0v) is 18.1.